The summed E-state index contributed by atoms with van der Waals surface area (Å²) >= 11 is 1.79. The standard InChI is InChI=1S/C17H28N2S/c1-17(2)10-8-13(9-11-17)19(3)15-6-5-7-16(20-4)14(15)12-18/h5-7,13H,8-12,18H2,1-4H3. The third-order valence-electron chi connectivity index (χ3n) is 4.77. The Balaban J connectivity index is 2.19. The second-order valence-corrected chi connectivity index (χ2v) is 7.52. The fourth-order valence-corrected chi connectivity index (χ4v) is 3.90. The quantitative estimate of drug-likeness (QED) is 0.840. The second-order valence-electron chi connectivity index (χ2n) is 6.67. The van der Waals surface area contributed by atoms with Gasteiger partial charge in [0.15, 0.2) is 0 Å². The van der Waals surface area contributed by atoms with Crippen LogP contribution in [0.25, 0.3) is 0 Å². The van der Waals surface area contributed by atoms with Crippen LogP contribution >= 0.6 is 11.8 Å². The van der Waals surface area contributed by atoms with Crippen LogP contribution < -0.4 is 10.6 Å². The van der Waals surface area contributed by atoms with Crippen molar-refractivity contribution >= 4 is 17.4 Å². The number of nitrogens with two attached hydrogens (primary N) is 1. The van der Waals surface area contributed by atoms with Gasteiger partial charge in [-0.15, -0.1) is 11.8 Å². The minimum Gasteiger partial charge on any atom is -0.371 e. The number of nitrogens with zero attached hydrogens (tertiary/aromatic N) is 1. The maximum atomic E-state index is 6.00. The second kappa shape index (κ2) is 6.40. The summed E-state index contributed by atoms with van der Waals surface area (Å²) in [4.78, 5) is 3.78. The first kappa shape index (κ1) is 15.7. The van der Waals surface area contributed by atoms with E-state index >= 15 is 0 Å². The topological polar surface area (TPSA) is 29.3 Å². The summed E-state index contributed by atoms with van der Waals surface area (Å²) < 4.78 is 0. The molecule has 1 fully saturated rings. The number of thioether (sulfide) groups is 1. The van der Waals surface area contributed by atoms with Gasteiger partial charge in [-0.3, -0.25) is 0 Å². The Morgan fingerprint density at radius 3 is 2.50 bits per heavy atom. The predicted molar refractivity (Wildman–Crippen MR) is 90.6 cm³/mol. The van der Waals surface area contributed by atoms with E-state index in [1.807, 2.05) is 0 Å². The molecule has 0 aliphatic heterocycles. The Labute approximate surface area is 128 Å². The lowest BCUT2D eigenvalue weighted by molar-refractivity contribution is 0.222. The van der Waals surface area contributed by atoms with Gasteiger partial charge >= 0.3 is 0 Å². The van der Waals surface area contributed by atoms with Crippen molar-refractivity contribution in [2.45, 2.75) is 57.0 Å². The molecule has 1 aliphatic carbocycles. The summed E-state index contributed by atoms with van der Waals surface area (Å²) in [6.45, 7) is 5.40. The van der Waals surface area contributed by atoms with Crippen molar-refractivity contribution in [1.82, 2.24) is 0 Å². The van der Waals surface area contributed by atoms with Crippen LogP contribution in [0.15, 0.2) is 23.1 Å². The normalized spacial score (nSPS) is 19.1. The van der Waals surface area contributed by atoms with Gasteiger partial charge < -0.3 is 10.6 Å². The van der Waals surface area contributed by atoms with E-state index in [2.05, 4.69) is 50.2 Å². The van der Waals surface area contributed by atoms with Crippen LogP contribution in [0.5, 0.6) is 0 Å². The Kier molecular flexibility index (Phi) is 5.03. The Morgan fingerprint density at radius 2 is 1.95 bits per heavy atom. The smallest absolute Gasteiger partial charge is 0.0422 e. The Bertz CT molecular complexity index is 446. The van der Waals surface area contributed by atoms with E-state index in [4.69, 9.17) is 5.73 Å². The van der Waals surface area contributed by atoms with Crippen LogP contribution in [0.1, 0.15) is 45.1 Å². The van der Waals surface area contributed by atoms with Gasteiger partial charge in [0.1, 0.15) is 0 Å². The van der Waals surface area contributed by atoms with Crippen molar-refractivity contribution in [2.75, 3.05) is 18.2 Å². The molecule has 1 aromatic rings. The molecule has 1 aliphatic rings. The third-order valence-corrected chi connectivity index (χ3v) is 5.59. The zero-order valence-electron chi connectivity index (χ0n) is 13.3. The number of rotatable bonds is 4. The van der Waals surface area contributed by atoms with Gasteiger partial charge in [0.25, 0.3) is 0 Å². The summed E-state index contributed by atoms with van der Waals surface area (Å²) in [5.74, 6) is 0. The largest absolute Gasteiger partial charge is 0.371 e. The van der Waals surface area contributed by atoms with Gasteiger partial charge in [0.2, 0.25) is 0 Å². The van der Waals surface area contributed by atoms with Crippen molar-refractivity contribution in [2.24, 2.45) is 11.1 Å². The SMILES string of the molecule is CSc1cccc(N(C)C2CCC(C)(C)CC2)c1CN. The van der Waals surface area contributed by atoms with Gasteiger partial charge in [-0.05, 0) is 49.5 Å². The van der Waals surface area contributed by atoms with Crippen molar-refractivity contribution in [3.63, 3.8) is 0 Å². The maximum absolute atomic E-state index is 6.00. The van der Waals surface area contributed by atoms with Crippen molar-refractivity contribution in [3.8, 4) is 0 Å². The number of hydrogen-bond donors (Lipinski definition) is 1. The minimum atomic E-state index is 0.523. The molecule has 1 saturated carbocycles. The van der Waals surface area contributed by atoms with E-state index < -0.39 is 0 Å². The van der Waals surface area contributed by atoms with Crippen molar-refractivity contribution < 1.29 is 0 Å². The van der Waals surface area contributed by atoms with Gasteiger partial charge in [-0.1, -0.05) is 19.9 Å². The molecule has 0 unspecified atom stereocenters. The zero-order valence-corrected chi connectivity index (χ0v) is 14.1. The molecule has 3 heteroatoms. The lowest BCUT2D eigenvalue weighted by Gasteiger charge is -2.40. The van der Waals surface area contributed by atoms with Gasteiger partial charge in [0.05, 0.1) is 0 Å². The Hall–Kier alpha value is -0.670. The van der Waals surface area contributed by atoms with Crippen LogP contribution in [0.2, 0.25) is 0 Å². The summed E-state index contributed by atoms with van der Waals surface area (Å²) in [6.07, 6.45) is 7.35. The van der Waals surface area contributed by atoms with E-state index in [9.17, 15) is 0 Å². The van der Waals surface area contributed by atoms with Crippen LogP contribution in [-0.2, 0) is 6.54 Å². The molecular weight excluding hydrogens is 264 g/mol. The molecule has 20 heavy (non-hydrogen) atoms. The fraction of sp³-hybridized carbons (Fsp3) is 0.647. The Morgan fingerprint density at radius 1 is 1.30 bits per heavy atom. The lowest BCUT2D eigenvalue weighted by Crippen LogP contribution is -2.37. The minimum absolute atomic E-state index is 0.523. The highest BCUT2D eigenvalue weighted by Crippen LogP contribution is 2.39. The molecule has 2 N–H and O–H groups in total. The van der Waals surface area contributed by atoms with Gasteiger partial charge in [-0.25, -0.2) is 0 Å². The molecule has 2 nitrogen and oxygen atoms in total. The highest BCUT2D eigenvalue weighted by atomic mass is 32.2. The molecule has 1 aromatic carbocycles. The highest BCUT2D eigenvalue weighted by molar-refractivity contribution is 7.98. The maximum Gasteiger partial charge on any atom is 0.0422 e. The van der Waals surface area contributed by atoms with Crippen LogP contribution in [0, 0.1) is 5.41 Å². The zero-order chi connectivity index (χ0) is 14.8. The summed E-state index contributed by atoms with van der Waals surface area (Å²) in [5.41, 5.74) is 9.14. The molecule has 0 amide bonds. The van der Waals surface area contributed by atoms with E-state index in [1.54, 1.807) is 11.8 Å². The molecule has 0 radical (unpaired) electrons. The van der Waals surface area contributed by atoms with E-state index in [-0.39, 0.29) is 0 Å². The van der Waals surface area contributed by atoms with Gasteiger partial charge in [0, 0.05) is 35.8 Å². The monoisotopic (exact) mass is 292 g/mol. The molecular formula is C17H28N2S. The van der Waals surface area contributed by atoms with E-state index in [0.717, 1.165) is 0 Å². The highest BCUT2D eigenvalue weighted by Gasteiger charge is 2.29. The van der Waals surface area contributed by atoms with Crippen LogP contribution in [0.3, 0.4) is 0 Å². The summed E-state index contributed by atoms with van der Waals surface area (Å²) in [6, 6.07) is 7.21. The van der Waals surface area contributed by atoms with Crippen LogP contribution in [0.4, 0.5) is 5.69 Å². The average molecular weight is 292 g/mol. The number of benzene rings is 1. The first-order chi connectivity index (χ1) is 9.48. The van der Waals surface area contributed by atoms with Crippen molar-refractivity contribution in [1.29, 1.82) is 0 Å². The predicted octanol–water partition coefficient (Wildman–Crippen LogP) is 4.27. The van der Waals surface area contributed by atoms with E-state index in [1.165, 1.54) is 41.8 Å². The van der Waals surface area contributed by atoms with Crippen molar-refractivity contribution in [3.05, 3.63) is 23.8 Å². The molecule has 112 valence electrons. The van der Waals surface area contributed by atoms with Gasteiger partial charge in [-0.2, -0.15) is 0 Å². The first-order valence-corrected chi connectivity index (χ1v) is 8.80. The van der Waals surface area contributed by atoms with E-state index in [0.29, 0.717) is 18.0 Å². The average Bonchev–Trinajstić information content (AvgIpc) is 2.45. The lowest BCUT2D eigenvalue weighted by atomic mass is 9.75. The summed E-state index contributed by atoms with van der Waals surface area (Å²) in [5, 5.41) is 0. The number of hydrogen-bond acceptors (Lipinski definition) is 3. The molecule has 0 bridgehead atoms. The van der Waals surface area contributed by atoms with Crippen LogP contribution in [-0.4, -0.2) is 19.3 Å². The molecule has 0 saturated heterocycles. The third kappa shape index (κ3) is 3.32. The number of anilines is 1. The molecule has 0 heterocycles. The summed E-state index contributed by atoms with van der Waals surface area (Å²) in [7, 11) is 2.24. The molecule has 0 atom stereocenters. The molecule has 0 spiro atoms. The molecule has 0 aromatic heterocycles. The molecule has 2 rings (SSSR count). The first-order valence-electron chi connectivity index (χ1n) is 7.57. The fourth-order valence-electron chi connectivity index (χ4n) is 3.25.